The summed E-state index contributed by atoms with van der Waals surface area (Å²) in [6.07, 6.45) is 4.10. The molecule has 2 atom stereocenters. The smallest absolute Gasteiger partial charge is 0.262 e. The molecule has 0 saturated heterocycles. The minimum atomic E-state index is -0.403. The molecule has 6 nitrogen and oxygen atoms in total. The van der Waals surface area contributed by atoms with Gasteiger partial charge in [-0.3, -0.25) is 19.3 Å². The van der Waals surface area contributed by atoms with Crippen LogP contribution in [0.25, 0.3) is 0 Å². The Hall–Kier alpha value is -2.21. The zero-order valence-corrected chi connectivity index (χ0v) is 13.0. The fourth-order valence-corrected chi connectivity index (χ4v) is 3.46. The molecule has 3 N–H and O–H groups in total. The van der Waals surface area contributed by atoms with Crippen LogP contribution in [-0.2, 0) is 4.79 Å². The Labute approximate surface area is 135 Å². The van der Waals surface area contributed by atoms with Crippen LogP contribution in [0, 0.1) is 5.92 Å². The molecular weight excluding hydrogens is 294 g/mol. The lowest BCUT2D eigenvalue weighted by Gasteiger charge is -2.31. The van der Waals surface area contributed by atoms with Gasteiger partial charge in [-0.15, -0.1) is 0 Å². The zero-order valence-electron chi connectivity index (χ0n) is 13.0. The molecule has 2 unspecified atom stereocenters. The maximum absolute atomic E-state index is 12.3. The van der Waals surface area contributed by atoms with Crippen LogP contribution in [-0.4, -0.2) is 41.8 Å². The van der Waals surface area contributed by atoms with Crippen molar-refractivity contribution in [2.75, 3.05) is 13.1 Å². The summed E-state index contributed by atoms with van der Waals surface area (Å²) in [5.74, 6) is -0.834. The number of carbonyl (C=O) groups is 3. The summed E-state index contributed by atoms with van der Waals surface area (Å²) < 4.78 is 0. The molecular formula is C17H21N3O3. The van der Waals surface area contributed by atoms with Crippen molar-refractivity contribution in [2.24, 2.45) is 11.7 Å². The normalized spacial score (nSPS) is 23.8. The number of fused-ring (bicyclic) bond motifs is 1. The predicted molar refractivity (Wildman–Crippen MR) is 84.8 cm³/mol. The second-order valence-electron chi connectivity index (χ2n) is 6.20. The number of imide groups is 1. The lowest BCUT2D eigenvalue weighted by atomic mass is 9.84. The van der Waals surface area contributed by atoms with Crippen LogP contribution in [0.4, 0.5) is 0 Å². The molecule has 0 bridgehead atoms. The van der Waals surface area contributed by atoms with Crippen LogP contribution in [0.2, 0.25) is 0 Å². The second kappa shape index (κ2) is 6.50. The van der Waals surface area contributed by atoms with E-state index >= 15 is 0 Å². The van der Waals surface area contributed by atoms with Crippen molar-refractivity contribution in [3.63, 3.8) is 0 Å². The number of hydrogen-bond donors (Lipinski definition) is 2. The lowest BCUT2D eigenvalue weighted by molar-refractivity contribution is -0.122. The van der Waals surface area contributed by atoms with Crippen LogP contribution in [0.1, 0.15) is 46.4 Å². The first-order chi connectivity index (χ1) is 11.1. The topological polar surface area (TPSA) is 92.5 Å². The zero-order chi connectivity index (χ0) is 16.4. The Kier molecular flexibility index (Phi) is 4.43. The molecule has 1 aliphatic carbocycles. The number of carbonyl (C=O) groups excluding carboxylic acids is 3. The minimum absolute atomic E-state index is 0.0384. The lowest BCUT2D eigenvalue weighted by Crippen LogP contribution is -2.48. The summed E-state index contributed by atoms with van der Waals surface area (Å²) in [4.78, 5) is 37.8. The number of amides is 3. The Morgan fingerprint density at radius 2 is 1.74 bits per heavy atom. The van der Waals surface area contributed by atoms with Crippen molar-refractivity contribution in [1.29, 1.82) is 0 Å². The average Bonchev–Trinajstić information content (AvgIpc) is 2.81. The number of rotatable bonds is 4. The summed E-state index contributed by atoms with van der Waals surface area (Å²) in [5.41, 5.74) is 6.49. The maximum Gasteiger partial charge on any atom is 0.262 e. The molecule has 3 rings (SSSR count). The molecule has 2 aliphatic rings. The summed E-state index contributed by atoms with van der Waals surface area (Å²) in [7, 11) is 0. The van der Waals surface area contributed by atoms with Gasteiger partial charge >= 0.3 is 0 Å². The molecule has 1 heterocycles. The highest BCUT2D eigenvalue weighted by molar-refractivity contribution is 6.22. The van der Waals surface area contributed by atoms with Gasteiger partial charge in [-0.2, -0.15) is 0 Å². The van der Waals surface area contributed by atoms with Crippen molar-refractivity contribution in [3.8, 4) is 0 Å². The molecule has 122 valence electrons. The molecule has 3 amide bonds. The average molecular weight is 315 g/mol. The van der Waals surface area contributed by atoms with Gasteiger partial charge in [-0.25, -0.2) is 0 Å². The van der Waals surface area contributed by atoms with E-state index in [9.17, 15) is 14.4 Å². The first-order valence-electron chi connectivity index (χ1n) is 8.06. The third-order valence-electron chi connectivity index (χ3n) is 4.74. The Balaban J connectivity index is 1.65. The van der Waals surface area contributed by atoms with E-state index in [0.29, 0.717) is 17.7 Å². The molecule has 6 heteroatoms. The van der Waals surface area contributed by atoms with Crippen molar-refractivity contribution >= 4 is 17.7 Å². The molecule has 1 aromatic rings. The first-order valence-corrected chi connectivity index (χ1v) is 8.06. The second-order valence-corrected chi connectivity index (χ2v) is 6.20. The summed E-state index contributed by atoms with van der Waals surface area (Å²) in [5, 5.41) is 2.95. The van der Waals surface area contributed by atoms with Crippen LogP contribution in [0.5, 0.6) is 0 Å². The fraction of sp³-hybridized carbons (Fsp3) is 0.471. The van der Waals surface area contributed by atoms with Crippen molar-refractivity contribution in [2.45, 2.75) is 31.7 Å². The van der Waals surface area contributed by atoms with E-state index in [1.807, 2.05) is 0 Å². The molecule has 1 aliphatic heterocycles. The van der Waals surface area contributed by atoms with Gasteiger partial charge in [0.1, 0.15) is 6.54 Å². The third kappa shape index (κ3) is 2.99. The predicted octanol–water partition coefficient (Wildman–Crippen LogP) is 0.916. The molecule has 23 heavy (non-hydrogen) atoms. The molecule has 1 aromatic carbocycles. The first kappa shape index (κ1) is 15.7. The molecule has 1 saturated carbocycles. The Bertz CT molecular complexity index is 609. The van der Waals surface area contributed by atoms with E-state index in [1.165, 1.54) is 0 Å². The Morgan fingerprint density at radius 3 is 2.35 bits per heavy atom. The highest BCUT2D eigenvalue weighted by Gasteiger charge is 2.36. The summed E-state index contributed by atoms with van der Waals surface area (Å²) >= 11 is 0. The van der Waals surface area contributed by atoms with Gasteiger partial charge in [0.2, 0.25) is 5.91 Å². The molecule has 0 spiro atoms. The molecule has 1 fully saturated rings. The summed E-state index contributed by atoms with van der Waals surface area (Å²) in [6.45, 7) is 0.304. The number of nitrogens with two attached hydrogens (primary N) is 1. The van der Waals surface area contributed by atoms with Gasteiger partial charge < -0.3 is 11.1 Å². The third-order valence-corrected chi connectivity index (χ3v) is 4.74. The van der Waals surface area contributed by atoms with E-state index in [4.69, 9.17) is 5.73 Å². The molecule has 0 radical (unpaired) electrons. The van der Waals surface area contributed by atoms with Gasteiger partial charge in [0.05, 0.1) is 11.1 Å². The van der Waals surface area contributed by atoms with Gasteiger partial charge in [0, 0.05) is 6.04 Å². The highest BCUT2D eigenvalue weighted by atomic mass is 16.2. The van der Waals surface area contributed by atoms with E-state index in [-0.39, 0.29) is 24.4 Å². The SMILES string of the molecule is NCC1CCCCC1NC(=O)CN1C(=O)c2ccccc2C1=O. The minimum Gasteiger partial charge on any atom is -0.351 e. The van der Waals surface area contributed by atoms with Crippen LogP contribution < -0.4 is 11.1 Å². The Morgan fingerprint density at radius 1 is 1.13 bits per heavy atom. The number of nitrogens with one attached hydrogen (secondary N) is 1. The van der Waals surface area contributed by atoms with E-state index in [0.717, 1.165) is 30.6 Å². The van der Waals surface area contributed by atoms with Crippen LogP contribution in [0.15, 0.2) is 24.3 Å². The van der Waals surface area contributed by atoms with E-state index in [1.54, 1.807) is 24.3 Å². The van der Waals surface area contributed by atoms with E-state index < -0.39 is 11.8 Å². The van der Waals surface area contributed by atoms with Crippen molar-refractivity contribution in [3.05, 3.63) is 35.4 Å². The largest absolute Gasteiger partial charge is 0.351 e. The van der Waals surface area contributed by atoms with Gasteiger partial charge in [-0.1, -0.05) is 25.0 Å². The number of benzene rings is 1. The monoisotopic (exact) mass is 315 g/mol. The maximum atomic E-state index is 12.3. The fourth-order valence-electron chi connectivity index (χ4n) is 3.46. The summed E-state index contributed by atoms with van der Waals surface area (Å²) in [6, 6.07) is 6.68. The highest BCUT2D eigenvalue weighted by Crippen LogP contribution is 2.24. The molecule has 0 aromatic heterocycles. The van der Waals surface area contributed by atoms with Gasteiger partial charge in [0.15, 0.2) is 0 Å². The van der Waals surface area contributed by atoms with Gasteiger partial charge in [0.25, 0.3) is 11.8 Å². The number of hydrogen-bond acceptors (Lipinski definition) is 4. The van der Waals surface area contributed by atoms with E-state index in [2.05, 4.69) is 5.32 Å². The van der Waals surface area contributed by atoms with Crippen molar-refractivity contribution in [1.82, 2.24) is 10.2 Å². The quantitative estimate of drug-likeness (QED) is 0.808. The number of nitrogens with zero attached hydrogens (tertiary/aromatic N) is 1. The van der Waals surface area contributed by atoms with Crippen molar-refractivity contribution < 1.29 is 14.4 Å². The van der Waals surface area contributed by atoms with Crippen LogP contribution >= 0.6 is 0 Å². The van der Waals surface area contributed by atoms with Crippen LogP contribution in [0.3, 0.4) is 0 Å². The van der Waals surface area contributed by atoms with Gasteiger partial charge in [-0.05, 0) is 37.4 Å². The standard InChI is InChI=1S/C17H21N3O3/c18-9-11-5-1-4-8-14(11)19-15(21)10-20-16(22)12-6-2-3-7-13(12)17(20)23/h2-3,6-7,11,14H,1,4-5,8-10,18H2,(H,19,21).